The van der Waals surface area contributed by atoms with E-state index in [0.717, 1.165) is 10.9 Å². The number of aromatic nitrogens is 4. The highest BCUT2D eigenvalue weighted by Crippen LogP contribution is 2.28. The van der Waals surface area contributed by atoms with E-state index in [1.54, 1.807) is 30.6 Å². The molecule has 0 fully saturated rings. The van der Waals surface area contributed by atoms with Gasteiger partial charge in [-0.05, 0) is 41.3 Å². The van der Waals surface area contributed by atoms with E-state index in [1.165, 1.54) is 16.9 Å². The van der Waals surface area contributed by atoms with Gasteiger partial charge in [-0.15, -0.1) is 0 Å². The Bertz CT molecular complexity index is 1330. The first-order chi connectivity index (χ1) is 14.1. The molecule has 1 N–H and O–H groups in total. The van der Waals surface area contributed by atoms with Gasteiger partial charge in [0.25, 0.3) is 10.0 Å². The molecule has 4 rings (SSSR count). The lowest BCUT2D eigenvalue weighted by Gasteiger charge is -2.19. The van der Waals surface area contributed by atoms with Gasteiger partial charge in [0.1, 0.15) is 0 Å². The van der Waals surface area contributed by atoms with Gasteiger partial charge in [-0.25, -0.2) is 18.4 Å². The molecular weight excluding hydrogens is 422 g/mol. The monoisotopic (exact) mass is 441 g/mol. The summed E-state index contributed by atoms with van der Waals surface area (Å²) in [5, 5.41) is 5.41. The van der Waals surface area contributed by atoms with E-state index in [1.807, 2.05) is 18.2 Å². The molecule has 1 aromatic carbocycles. The second kappa shape index (κ2) is 7.37. The zero-order chi connectivity index (χ0) is 21.5. The van der Waals surface area contributed by atoms with Crippen molar-refractivity contribution in [3.8, 4) is 5.82 Å². The van der Waals surface area contributed by atoms with Gasteiger partial charge in [0.15, 0.2) is 11.5 Å². The molecule has 0 saturated heterocycles. The predicted octanol–water partition coefficient (Wildman–Crippen LogP) is 4.57. The van der Waals surface area contributed by atoms with Crippen molar-refractivity contribution >= 4 is 38.3 Å². The number of hydrogen-bond acceptors (Lipinski definition) is 5. The zero-order valence-electron chi connectivity index (χ0n) is 16.7. The standard InChI is InChI=1S/C21H20ClN5O2S/c1-21(2,3)15-6-8-17(9-7-15)30(28,29)26-18-11-16(22)13-24-20(18)27-19-14(12-25-27)5-4-10-23-19/h4-13,26H,1-3H3. The number of fused-ring (bicyclic) bond motifs is 1. The lowest BCUT2D eigenvalue weighted by Crippen LogP contribution is -2.17. The number of rotatable bonds is 4. The van der Waals surface area contributed by atoms with E-state index < -0.39 is 10.0 Å². The molecule has 30 heavy (non-hydrogen) atoms. The van der Waals surface area contributed by atoms with Crippen LogP contribution in [0.5, 0.6) is 0 Å². The van der Waals surface area contributed by atoms with Gasteiger partial charge < -0.3 is 0 Å². The maximum atomic E-state index is 13.0. The minimum Gasteiger partial charge on any atom is -0.276 e. The second-order valence-electron chi connectivity index (χ2n) is 7.88. The van der Waals surface area contributed by atoms with Crippen molar-refractivity contribution < 1.29 is 8.42 Å². The average Bonchev–Trinajstić information content (AvgIpc) is 3.11. The normalized spacial score (nSPS) is 12.3. The molecule has 3 aromatic heterocycles. The second-order valence-corrected chi connectivity index (χ2v) is 10.00. The quantitative estimate of drug-likeness (QED) is 0.501. The Kier molecular flexibility index (Phi) is 4.99. The molecule has 154 valence electrons. The van der Waals surface area contributed by atoms with Crippen molar-refractivity contribution in [2.75, 3.05) is 4.72 Å². The van der Waals surface area contributed by atoms with Crippen molar-refractivity contribution in [3.05, 3.63) is 71.6 Å². The Labute approximate surface area is 179 Å². The van der Waals surface area contributed by atoms with Crippen molar-refractivity contribution in [2.24, 2.45) is 0 Å². The van der Waals surface area contributed by atoms with Crippen LogP contribution in [0.3, 0.4) is 0 Å². The maximum absolute atomic E-state index is 13.0. The van der Waals surface area contributed by atoms with E-state index in [-0.39, 0.29) is 21.8 Å². The van der Waals surface area contributed by atoms with Crippen LogP contribution in [0.1, 0.15) is 26.3 Å². The van der Waals surface area contributed by atoms with Crippen molar-refractivity contribution in [1.29, 1.82) is 0 Å². The number of halogens is 1. The Morgan fingerprint density at radius 1 is 1.03 bits per heavy atom. The lowest BCUT2D eigenvalue weighted by molar-refractivity contribution is 0.587. The van der Waals surface area contributed by atoms with E-state index in [4.69, 9.17) is 11.6 Å². The average molecular weight is 442 g/mol. The maximum Gasteiger partial charge on any atom is 0.262 e. The van der Waals surface area contributed by atoms with Crippen LogP contribution in [-0.4, -0.2) is 28.2 Å². The van der Waals surface area contributed by atoms with Crippen molar-refractivity contribution in [1.82, 2.24) is 19.7 Å². The highest BCUT2D eigenvalue weighted by atomic mass is 35.5. The van der Waals surface area contributed by atoms with Gasteiger partial charge in [0, 0.05) is 17.8 Å². The Balaban J connectivity index is 1.75. The Hall–Kier alpha value is -2.97. The highest BCUT2D eigenvalue weighted by Gasteiger charge is 2.21. The smallest absolute Gasteiger partial charge is 0.262 e. The summed E-state index contributed by atoms with van der Waals surface area (Å²) in [4.78, 5) is 8.76. The molecule has 0 amide bonds. The third-order valence-corrected chi connectivity index (χ3v) is 6.23. The molecule has 0 bridgehead atoms. The minimum atomic E-state index is -3.87. The van der Waals surface area contributed by atoms with Gasteiger partial charge in [0.2, 0.25) is 0 Å². The number of anilines is 1. The SMILES string of the molecule is CC(C)(C)c1ccc(S(=O)(=O)Nc2cc(Cl)cnc2-n2ncc3cccnc32)cc1. The van der Waals surface area contributed by atoms with Gasteiger partial charge in [-0.2, -0.15) is 9.78 Å². The number of nitrogens with one attached hydrogen (secondary N) is 1. The summed E-state index contributed by atoms with van der Waals surface area (Å²) in [6, 6.07) is 12.0. The van der Waals surface area contributed by atoms with E-state index >= 15 is 0 Å². The molecule has 0 aliphatic heterocycles. The first-order valence-electron chi connectivity index (χ1n) is 9.23. The lowest BCUT2D eigenvalue weighted by atomic mass is 9.87. The van der Waals surface area contributed by atoms with Crippen molar-refractivity contribution in [3.63, 3.8) is 0 Å². The van der Waals surface area contributed by atoms with Crippen LogP contribution in [-0.2, 0) is 15.4 Å². The molecule has 4 aromatic rings. The summed E-state index contributed by atoms with van der Waals surface area (Å²) in [5.41, 5.74) is 1.73. The van der Waals surface area contributed by atoms with Gasteiger partial charge in [-0.3, -0.25) is 4.72 Å². The molecule has 3 heterocycles. The van der Waals surface area contributed by atoms with Gasteiger partial charge in [-0.1, -0.05) is 44.5 Å². The predicted molar refractivity (Wildman–Crippen MR) is 118 cm³/mol. The Morgan fingerprint density at radius 3 is 2.47 bits per heavy atom. The number of benzene rings is 1. The number of nitrogens with zero attached hydrogens (tertiary/aromatic N) is 4. The molecule has 7 nitrogen and oxygen atoms in total. The summed E-state index contributed by atoms with van der Waals surface area (Å²) in [6.45, 7) is 6.21. The number of pyridine rings is 2. The van der Waals surface area contributed by atoms with Crippen LogP contribution in [0.4, 0.5) is 5.69 Å². The third-order valence-electron chi connectivity index (χ3n) is 4.64. The van der Waals surface area contributed by atoms with Crippen LogP contribution >= 0.6 is 11.6 Å². The fourth-order valence-corrected chi connectivity index (χ4v) is 4.24. The fourth-order valence-electron chi connectivity index (χ4n) is 3.03. The molecule has 9 heteroatoms. The minimum absolute atomic E-state index is 0.0755. The summed E-state index contributed by atoms with van der Waals surface area (Å²) in [6.07, 6.45) is 4.71. The largest absolute Gasteiger partial charge is 0.276 e. The number of sulfonamides is 1. The van der Waals surface area contributed by atoms with Crippen LogP contribution < -0.4 is 4.72 Å². The molecule has 0 aliphatic carbocycles. The summed E-state index contributed by atoms with van der Waals surface area (Å²) >= 11 is 6.10. The molecule has 0 spiro atoms. The summed E-state index contributed by atoms with van der Waals surface area (Å²) in [7, 11) is -3.87. The third kappa shape index (κ3) is 3.88. The van der Waals surface area contributed by atoms with Crippen LogP contribution in [0.25, 0.3) is 16.9 Å². The first kappa shape index (κ1) is 20.3. The van der Waals surface area contributed by atoms with Crippen LogP contribution in [0, 0.1) is 0 Å². The van der Waals surface area contributed by atoms with E-state index in [9.17, 15) is 8.42 Å². The molecule has 0 unspecified atom stereocenters. The fraction of sp³-hybridized carbons (Fsp3) is 0.190. The van der Waals surface area contributed by atoms with Crippen molar-refractivity contribution in [2.45, 2.75) is 31.1 Å². The van der Waals surface area contributed by atoms with E-state index in [2.05, 4.69) is 40.6 Å². The summed E-state index contributed by atoms with van der Waals surface area (Å²) < 4.78 is 30.1. The molecule has 0 saturated carbocycles. The molecule has 0 aliphatic rings. The summed E-state index contributed by atoms with van der Waals surface area (Å²) in [5.74, 6) is 0.281. The highest BCUT2D eigenvalue weighted by molar-refractivity contribution is 7.92. The van der Waals surface area contributed by atoms with Gasteiger partial charge in [0.05, 0.1) is 21.8 Å². The Morgan fingerprint density at radius 2 is 1.77 bits per heavy atom. The molecular formula is C21H20ClN5O2S. The molecule has 0 radical (unpaired) electrons. The zero-order valence-corrected chi connectivity index (χ0v) is 18.2. The topological polar surface area (TPSA) is 89.8 Å². The van der Waals surface area contributed by atoms with E-state index in [0.29, 0.717) is 10.7 Å². The van der Waals surface area contributed by atoms with Crippen LogP contribution in [0.15, 0.2) is 66.0 Å². The van der Waals surface area contributed by atoms with Crippen LogP contribution in [0.2, 0.25) is 5.02 Å². The number of hydrogen-bond donors (Lipinski definition) is 1. The van der Waals surface area contributed by atoms with Gasteiger partial charge >= 0.3 is 0 Å². The molecule has 0 atom stereocenters. The first-order valence-corrected chi connectivity index (χ1v) is 11.1.